The Hall–Kier alpha value is -1.18. The average molecular weight is 204 g/mol. The van der Waals surface area contributed by atoms with Gasteiger partial charge in [-0.25, -0.2) is 0 Å². The molecule has 0 atom stereocenters. The molecule has 1 aromatic rings. The lowest BCUT2D eigenvalue weighted by Gasteiger charge is -2.42. The van der Waals surface area contributed by atoms with Gasteiger partial charge in [0.15, 0.2) is 0 Å². The van der Waals surface area contributed by atoms with Crippen molar-refractivity contribution in [3.8, 4) is 0 Å². The number of nitrogens with two attached hydrogens (primary N) is 1. The van der Waals surface area contributed by atoms with E-state index < -0.39 is 0 Å². The topological polar surface area (TPSA) is 29.3 Å². The molecule has 0 radical (unpaired) electrons. The van der Waals surface area contributed by atoms with Gasteiger partial charge in [0, 0.05) is 12.1 Å². The van der Waals surface area contributed by atoms with E-state index in [9.17, 15) is 0 Å². The van der Waals surface area contributed by atoms with E-state index in [1.807, 2.05) is 6.07 Å². The first-order chi connectivity index (χ1) is 7.00. The average Bonchev–Trinajstić information content (AvgIpc) is 2.16. The highest BCUT2D eigenvalue weighted by atomic mass is 15.2. The van der Waals surface area contributed by atoms with Crippen LogP contribution in [0.3, 0.4) is 0 Å². The summed E-state index contributed by atoms with van der Waals surface area (Å²) in [5.41, 5.74) is 9.82. The number of hydrogen-bond donors (Lipinski definition) is 1. The predicted molar refractivity (Wildman–Crippen MR) is 66.3 cm³/mol. The second-order valence-electron chi connectivity index (χ2n) is 5.28. The molecule has 0 fully saturated rings. The first-order valence-electron chi connectivity index (χ1n) is 5.65. The van der Waals surface area contributed by atoms with E-state index in [-0.39, 0.29) is 5.54 Å². The molecule has 0 spiro atoms. The van der Waals surface area contributed by atoms with Crippen LogP contribution in [0.15, 0.2) is 18.2 Å². The maximum Gasteiger partial charge on any atom is 0.0636 e. The maximum atomic E-state index is 6.09. The minimum absolute atomic E-state index is 0.157. The summed E-state index contributed by atoms with van der Waals surface area (Å²) in [6.45, 7) is 7.85. The van der Waals surface area contributed by atoms with Crippen LogP contribution < -0.4 is 10.6 Å². The molecule has 1 heterocycles. The molecular formula is C13H20N2. The summed E-state index contributed by atoms with van der Waals surface area (Å²) in [7, 11) is 0. The molecule has 0 saturated heterocycles. The first-order valence-corrected chi connectivity index (χ1v) is 5.65. The Balaban J connectivity index is 2.50. The normalized spacial score (nSPS) is 16.3. The summed E-state index contributed by atoms with van der Waals surface area (Å²) >= 11 is 0. The Morgan fingerprint density at radius 3 is 2.67 bits per heavy atom. The third-order valence-corrected chi connectivity index (χ3v) is 3.06. The monoisotopic (exact) mass is 204 g/mol. The van der Waals surface area contributed by atoms with Crippen molar-refractivity contribution in [2.24, 2.45) is 0 Å². The van der Waals surface area contributed by atoms with Crippen molar-refractivity contribution in [3.05, 3.63) is 23.8 Å². The molecule has 0 aliphatic carbocycles. The molecule has 1 aromatic carbocycles. The summed E-state index contributed by atoms with van der Waals surface area (Å²) < 4.78 is 0. The van der Waals surface area contributed by atoms with Crippen molar-refractivity contribution in [2.45, 2.75) is 39.2 Å². The largest absolute Gasteiger partial charge is 0.397 e. The van der Waals surface area contributed by atoms with Crippen LogP contribution in [0, 0.1) is 0 Å². The smallest absolute Gasteiger partial charge is 0.0636 e. The summed E-state index contributed by atoms with van der Waals surface area (Å²) in [6.07, 6.45) is 2.39. The summed E-state index contributed by atoms with van der Waals surface area (Å²) in [6, 6.07) is 6.26. The zero-order chi connectivity index (χ0) is 11.1. The molecule has 15 heavy (non-hydrogen) atoms. The van der Waals surface area contributed by atoms with Gasteiger partial charge in [-0.3, -0.25) is 0 Å². The van der Waals surface area contributed by atoms with Crippen LogP contribution in [0.4, 0.5) is 11.4 Å². The van der Waals surface area contributed by atoms with Crippen LogP contribution in [0.2, 0.25) is 0 Å². The number of rotatable bonds is 0. The number of aryl methyl sites for hydroxylation is 1. The van der Waals surface area contributed by atoms with Gasteiger partial charge in [-0.1, -0.05) is 12.1 Å². The van der Waals surface area contributed by atoms with Crippen LogP contribution in [0.25, 0.3) is 0 Å². The maximum absolute atomic E-state index is 6.09. The Morgan fingerprint density at radius 1 is 1.27 bits per heavy atom. The molecule has 82 valence electrons. The zero-order valence-electron chi connectivity index (χ0n) is 9.88. The molecule has 2 N–H and O–H groups in total. The Labute approximate surface area is 92.1 Å². The van der Waals surface area contributed by atoms with Crippen LogP contribution in [0.5, 0.6) is 0 Å². The van der Waals surface area contributed by atoms with Crippen molar-refractivity contribution in [1.29, 1.82) is 0 Å². The van der Waals surface area contributed by atoms with Gasteiger partial charge in [-0.2, -0.15) is 0 Å². The summed E-state index contributed by atoms with van der Waals surface area (Å²) in [5, 5.41) is 0. The van der Waals surface area contributed by atoms with Gasteiger partial charge in [0.1, 0.15) is 0 Å². The van der Waals surface area contributed by atoms with Crippen molar-refractivity contribution in [3.63, 3.8) is 0 Å². The second kappa shape index (κ2) is 3.44. The highest BCUT2D eigenvalue weighted by Crippen LogP contribution is 2.36. The van der Waals surface area contributed by atoms with Gasteiger partial charge in [0.05, 0.1) is 11.4 Å². The van der Waals surface area contributed by atoms with E-state index >= 15 is 0 Å². The number of fused-ring (bicyclic) bond motifs is 1. The van der Waals surface area contributed by atoms with Crippen LogP contribution >= 0.6 is 0 Å². The number of nitrogen functional groups attached to an aromatic ring is 1. The molecule has 2 rings (SSSR count). The van der Waals surface area contributed by atoms with Gasteiger partial charge in [-0.15, -0.1) is 0 Å². The highest BCUT2D eigenvalue weighted by molar-refractivity contribution is 5.73. The van der Waals surface area contributed by atoms with Crippen molar-refractivity contribution < 1.29 is 0 Å². The van der Waals surface area contributed by atoms with E-state index in [1.165, 1.54) is 17.7 Å². The van der Waals surface area contributed by atoms with Crippen molar-refractivity contribution >= 4 is 11.4 Å². The lowest BCUT2D eigenvalue weighted by molar-refractivity contribution is 0.484. The summed E-state index contributed by atoms with van der Waals surface area (Å²) in [5.74, 6) is 0. The summed E-state index contributed by atoms with van der Waals surface area (Å²) in [4.78, 5) is 2.43. The van der Waals surface area contributed by atoms with Gasteiger partial charge >= 0.3 is 0 Å². The molecular weight excluding hydrogens is 184 g/mol. The molecule has 0 aromatic heterocycles. The molecule has 1 aliphatic rings. The quantitative estimate of drug-likeness (QED) is 0.658. The van der Waals surface area contributed by atoms with E-state index in [0.29, 0.717) is 0 Å². The molecule has 1 aliphatic heterocycles. The lowest BCUT2D eigenvalue weighted by atomic mass is 9.95. The third kappa shape index (κ3) is 1.81. The third-order valence-electron chi connectivity index (χ3n) is 3.06. The number of anilines is 2. The number of para-hydroxylation sites is 1. The van der Waals surface area contributed by atoms with E-state index in [1.54, 1.807) is 0 Å². The SMILES string of the molecule is CC(C)(C)N1CCCc2cccc(N)c21. The molecule has 0 amide bonds. The molecule has 0 saturated carbocycles. The predicted octanol–water partition coefficient (Wildman–Crippen LogP) is 2.82. The number of benzene rings is 1. The Bertz CT molecular complexity index is 363. The first kappa shape index (κ1) is 10.3. The van der Waals surface area contributed by atoms with Crippen molar-refractivity contribution in [2.75, 3.05) is 17.2 Å². The standard InChI is InChI=1S/C13H20N2/c1-13(2,3)15-9-5-7-10-6-4-8-11(14)12(10)15/h4,6,8H,5,7,9,14H2,1-3H3. The fraction of sp³-hybridized carbons (Fsp3) is 0.538. The van der Waals surface area contributed by atoms with Gasteiger partial charge in [-0.05, 0) is 45.2 Å². The fourth-order valence-electron chi connectivity index (χ4n) is 2.35. The fourth-order valence-corrected chi connectivity index (χ4v) is 2.35. The van der Waals surface area contributed by atoms with E-state index in [4.69, 9.17) is 5.73 Å². The second-order valence-corrected chi connectivity index (χ2v) is 5.28. The van der Waals surface area contributed by atoms with Gasteiger partial charge < -0.3 is 10.6 Å². The van der Waals surface area contributed by atoms with Crippen LogP contribution in [-0.2, 0) is 6.42 Å². The number of hydrogen-bond acceptors (Lipinski definition) is 2. The van der Waals surface area contributed by atoms with Crippen molar-refractivity contribution in [1.82, 2.24) is 0 Å². The molecule has 0 bridgehead atoms. The van der Waals surface area contributed by atoms with E-state index in [0.717, 1.165) is 18.7 Å². The molecule has 2 nitrogen and oxygen atoms in total. The lowest BCUT2D eigenvalue weighted by Crippen LogP contribution is -2.44. The Kier molecular flexibility index (Phi) is 2.37. The van der Waals surface area contributed by atoms with Gasteiger partial charge in [0.25, 0.3) is 0 Å². The van der Waals surface area contributed by atoms with Crippen LogP contribution in [-0.4, -0.2) is 12.1 Å². The molecule has 2 heteroatoms. The number of nitrogens with zero attached hydrogens (tertiary/aromatic N) is 1. The molecule has 0 unspecified atom stereocenters. The zero-order valence-corrected chi connectivity index (χ0v) is 9.88. The van der Waals surface area contributed by atoms with Crippen LogP contribution in [0.1, 0.15) is 32.8 Å². The Morgan fingerprint density at radius 2 is 2.00 bits per heavy atom. The van der Waals surface area contributed by atoms with E-state index in [2.05, 4.69) is 37.8 Å². The highest BCUT2D eigenvalue weighted by Gasteiger charge is 2.27. The minimum Gasteiger partial charge on any atom is -0.397 e. The van der Waals surface area contributed by atoms with Gasteiger partial charge in [0.2, 0.25) is 0 Å². The minimum atomic E-state index is 0.157.